The number of hydrogen-bond donors (Lipinski definition) is 1. The van der Waals surface area contributed by atoms with Gasteiger partial charge in [0.2, 0.25) is 11.8 Å². The summed E-state index contributed by atoms with van der Waals surface area (Å²) in [6, 6.07) is 0.0441. The molecule has 1 aliphatic heterocycles. The van der Waals surface area contributed by atoms with Gasteiger partial charge in [0.05, 0.1) is 6.04 Å². The minimum atomic E-state index is -0.406. The highest BCUT2D eigenvalue weighted by Gasteiger charge is 2.34. The van der Waals surface area contributed by atoms with Crippen molar-refractivity contribution >= 4 is 11.8 Å². The van der Waals surface area contributed by atoms with Crippen LogP contribution >= 0.6 is 0 Å². The fraction of sp³-hybridized carbons (Fsp3) is 0.875. The number of rotatable bonds is 5. The van der Waals surface area contributed by atoms with Crippen molar-refractivity contribution in [2.75, 3.05) is 19.6 Å². The summed E-state index contributed by atoms with van der Waals surface area (Å²) in [4.78, 5) is 28.0. The zero-order valence-electron chi connectivity index (χ0n) is 13.5. The van der Waals surface area contributed by atoms with Crippen molar-refractivity contribution in [2.45, 2.75) is 58.5 Å². The van der Waals surface area contributed by atoms with E-state index in [1.807, 2.05) is 23.6 Å². The zero-order valence-corrected chi connectivity index (χ0v) is 13.5. The molecule has 1 aliphatic carbocycles. The molecule has 0 unspecified atom stereocenters. The molecule has 120 valence electrons. The average molecular weight is 295 g/mol. The maximum Gasteiger partial charge on any atom is 0.239 e. The third kappa shape index (κ3) is 4.19. The molecule has 1 heterocycles. The summed E-state index contributed by atoms with van der Waals surface area (Å²) >= 11 is 0. The normalized spacial score (nSPS) is 24.0. The molecule has 0 aromatic rings. The van der Waals surface area contributed by atoms with Crippen LogP contribution < -0.4 is 5.73 Å². The summed E-state index contributed by atoms with van der Waals surface area (Å²) < 4.78 is 0. The summed E-state index contributed by atoms with van der Waals surface area (Å²) in [6.07, 6.45) is 4.37. The molecule has 0 radical (unpaired) electrons. The van der Waals surface area contributed by atoms with Crippen molar-refractivity contribution in [3.8, 4) is 0 Å². The lowest BCUT2D eigenvalue weighted by Gasteiger charge is -2.37. The number of carbonyl (C=O) groups is 2. The lowest BCUT2D eigenvalue weighted by molar-refractivity contribution is -0.136. The number of nitrogens with two attached hydrogens (primary N) is 1. The lowest BCUT2D eigenvalue weighted by Crippen LogP contribution is -2.51. The molecule has 21 heavy (non-hydrogen) atoms. The van der Waals surface area contributed by atoms with E-state index >= 15 is 0 Å². The quantitative estimate of drug-likeness (QED) is 0.829. The molecule has 5 heteroatoms. The van der Waals surface area contributed by atoms with Gasteiger partial charge in [0.1, 0.15) is 0 Å². The van der Waals surface area contributed by atoms with E-state index in [9.17, 15) is 9.59 Å². The largest absolute Gasteiger partial charge is 0.341 e. The van der Waals surface area contributed by atoms with Gasteiger partial charge in [0, 0.05) is 32.6 Å². The van der Waals surface area contributed by atoms with Crippen molar-refractivity contribution in [1.82, 2.24) is 9.80 Å². The van der Waals surface area contributed by atoms with Gasteiger partial charge < -0.3 is 15.5 Å². The van der Waals surface area contributed by atoms with E-state index in [0.717, 1.165) is 45.3 Å². The van der Waals surface area contributed by atoms with Gasteiger partial charge >= 0.3 is 0 Å². The Balaban J connectivity index is 1.91. The first kappa shape index (κ1) is 16.3. The standard InChI is InChI=1S/C16H29N3O2/c1-11(2)15(17)16(21)18-8-4-5-13(9-18)10-19(12(3)20)14-6-7-14/h11,13-15H,4-10,17H2,1-3H3/t13-,15+/m1/s1. The molecule has 2 amide bonds. The van der Waals surface area contributed by atoms with Crippen LogP contribution in [-0.4, -0.2) is 53.3 Å². The smallest absolute Gasteiger partial charge is 0.239 e. The van der Waals surface area contributed by atoms with Gasteiger partial charge in [-0.15, -0.1) is 0 Å². The Morgan fingerprint density at radius 3 is 2.48 bits per heavy atom. The number of nitrogens with zero attached hydrogens (tertiary/aromatic N) is 2. The number of piperidine rings is 1. The molecule has 0 aromatic heterocycles. The molecule has 0 spiro atoms. The van der Waals surface area contributed by atoms with Crippen LogP contribution in [0.25, 0.3) is 0 Å². The second-order valence-corrected chi connectivity index (χ2v) is 6.96. The Morgan fingerprint density at radius 1 is 1.29 bits per heavy atom. The minimum Gasteiger partial charge on any atom is -0.341 e. The van der Waals surface area contributed by atoms with Gasteiger partial charge in [-0.2, -0.15) is 0 Å². The summed E-state index contributed by atoms with van der Waals surface area (Å²) in [5, 5.41) is 0. The van der Waals surface area contributed by atoms with Crippen LogP contribution in [0.1, 0.15) is 46.5 Å². The van der Waals surface area contributed by atoms with E-state index in [1.165, 1.54) is 0 Å². The van der Waals surface area contributed by atoms with Gasteiger partial charge in [0.25, 0.3) is 0 Å². The predicted molar refractivity (Wildman–Crippen MR) is 82.5 cm³/mol. The molecule has 5 nitrogen and oxygen atoms in total. The Labute approximate surface area is 127 Å². The van der Waals surface area contributed by atoms with Crippen LogP contribution in [0.2, 0.25) is 0 Å². The Morgan fingerprint density at radius 2 is 1.95 bits per heavy atom. The molecule has 0 aromatic carbocycles. The van der Waals surface area contributed by atoms with Gasteiger partial charge in [-0.25, -0.2) is 0 Å². The maximum atomic E-state index is 12.4. The van der Waals surface area contributed by atoms with Crippen molar-refractivity contribution in [3.05, 3.63) is 0 Å². The van der Waals surface area contributed by atoms with Gasteiger partial charge in [-0.1, -0.05) is 13.8 Å². The monoisotopic (exact) mass is 295 g/mol. The maximum absolute atomic E-state index is 12.4. The molecule has 1 saturated heterocycles. The number of carbonyl (C=O) groups excluding carboxylic acids is 2. The first-order chi connectivity index (χ1) is 9.90. The molecule has 2 rings (SSSR count). The third-order valence-corrected chi connectivity index (χ3v) is 4.68. The van der Waals surface area contributed by atoms with Crippen LogP contribution in [0, 0.1) is 11.8 Å². The van der Waals surface area contributed by atoms with Crippen molar-refractivity contribution in [3.63, 3.8) is 0 Å². The fourth-order valence-electron chi connectivity index (χ4n) is 3.11. The van der Waals surface area contributed by atoms with E-state index in [0.29, 0.717) is 12.0 Å². The molecule has 1 saturated carbocycles. The molecule has 0 bridgehead atoms. The molecule has 2 aliphatic rings. The topological polar surface area (TPSA) is 66.6 Å². The van der Waals surface area contributed by atoms with E-state index in [4.69, 9.17) is 5.73 Å². The molecule has 2 N–H and O–H groups in total. The van der Waals surface area contributed by atoms with Gasteiger partial charge in [-0.05, 0) is 37.5 Å². The highest BCUT2D eigenvalue weighted by Crippen LogP contribution is 2.29. The summed E-state index contributed by atoms with van der Waals surface area (Å²) in [7, 11) is 0. The van der Waals surface area contributed by atoms with Crippen LogP contribution in [0.15, 0.2) is 0 Å². The molecule has 2 fully saturated rings. The molecule has 2 atom stereocenters. The first-order valence-corrected chi connectivity index (χ1v) is 8.21. The first-order valence-electron chi connectivity index (χ1n) is 8.21. The van der Waals surface area contributed by atoms with E-state index in [-0.39, 0.29) is 17.7 Å². The van der Waals surface area contributed by atoms with Crippen LogP contribution in [0.3, 0.4) is 0 Å². The van der Waals surface area contributed by atoms with Crippen LogP contribution in [0.5, 0.6) is 0 Å². The lowest BCUT2D eigenvalue weighted by atomic mass is 9.95. The number of amides is 2. The van der Waals surface area contributed by atoms with Crippen molar-refractivity contribution in [2.24, 2.45) is 17.6 Å². The molecular formula is C16H29N3O2. The van der Waals surface area contributed by atoms with E-state index in [1.54, 1.807) is 6.92 Å². The fourth-order valence-corrected chi connectivity index (χ4v) is 3.11. The van der Waals surface area contributed by atoms with Crippen LogP contribution in [-0.2, 0) is 9.59 Å². The Kier molecular flexibility index (Phi) is 5.25. The highest BCUT2D eigenvalue weighted by molar-refractivity contribution is 5.82. The zero-order chi connectivity index (χ0) is 15.6. The highest BCUT2D eigenvalue weighted by atomic mass is 16.2. The van der Waals surface area contributed by atoms with Gasteiger partial charge in [-0.3, -0.25) is 9.59 Å². The van der Waals surface area contributed by atoms with Crippen molar-refractivity contribution < 1.29 is 9.59 Å². The average Bonchev–Trinajstić information content (AvgIpc) is 3.27. The van der Waals surface area contributed by atoms with E-state index < -0.39 is 6.04 Å². The SMILES string of the molecule is CC(=O)N(C[C@@H]1CCCN(C(=O)[C@@H](N)C(C)C)C1)C1CC1. The number of hydrogen-bond acceptors (Lipinski definition) is 3. The second-order valence-electron chi connectivity index (χ2n) is 6.96. The molecular weight excluding hydrogens is 266 g/mol. The Bertz CT molecular complexity index is 393. The summed E-state index contributed by atoms with van der Waals surface area (Å²) in [5.74, 6) is 0.792. The predicted octanol–water partition coefficient (Wildman–Crippen LogP) is 1.22. The second kappa shape index (κ2) is 6.77. The minimum absolute atomic E-state index is 0.0653. The number of likely N-dealkylation sites (tertiary alicyclic amines) is 1. The summed E-state index contributed by atoms with van der Waals surface area (Å²) in [6.45, 7) is 7.96. The van der Waals surface area contributed by atoms with E-state index in [2.05, 4.69) is 0 Å². The van der Waals surface area contributed by atoms with Gasteiger partial charge in [0.15, 0.2) is 0 Å². The Hall–Kier alpha value is -1.10. The summed E-state index contributed by atoms with van der Waals surface area (Å²) in [5.41, 5.74) is 5.99. The van der Waals surface area contributed by atoms with Crippen LogP contribution in [0.4, 0.5) is 0 Å². The third-order valence-electron chi connectivity index (χ3n) is 4.68. The van der Waals surface area contributed by atoms with Crippen molar-refractivity contribution in [1.29, 1.82) is 0 Å².